The Morgan fingerprint density at radius 2 is 1.72 bits per heavy atom. The first-order valence-electron chi connectivity index (χ1n) is 12.8. The van der Waals surface area contributed by atoms with Crippen molar-refractivity contribution in [1.29, 1.82) is 0 Å². The number of carbonyl (C=O) groups is 3. The maximum absolute atomic E-state index is 13.7. The van der Waals surface area contributed by atoms with Gasteiger partial charge in [-0.15, -0.1) is 0 Å². The summed E-state index contributed by atoms with van der Waals surface area (Å²) in [5.41, 5.74) is 0.421. The Labute approximate surface area is 212 Å². The van der Waals surface area contributed by atoms with Crippen LogP contribution < -0.4 is 10.6 Å². The number of anilines is 1. The molecule has 0 atom stereocenters. The SMILES string of the molecule is CCNC(=O)Nc1ncc2ccccc2c1C(=O)N1CCN(C2CCN(C(=O)OC(C)C)CC2)CC1. The monoisotopic (exact) mass is 496 g/mol. The molecule has 4 amide bonds. The zero-order chi connectivity index (χ0) is 25.7. The molecule has 0 radical (unpaired) electrons. The van der Waals surface area contributed by atoms with Gasteiger partial charge in [-0.3, -0.25) is 15.0 Å². The minimum absolute atomic E-state index is 0.116. The maximum Gasteiger partial charge on any atom is 0.410 e. The van der Waals surface area contributed by atoms with Crippen molar-refractivity contribution in [2.45, 2.75) is 45.8 Å². The number of nitrogens with one attached hydrogen (secondary N) is 2. The topological polar surface area (TPSA) is 107 Å². The molecule has 0 bridgehead atoms. The number of nitrogens with zero attached hydrogens (tertiary/aromatic N) is 4. The zero-order valence-electron chi connectivity index (χ0n) is 21.3. The third-order valence-electron chi connectivity index (χ3n) is 6.76. The van der Waals surface area contributed by atoms with Gasteiger partial charge in [0.05, 0.1) is 11.7 Å². The second-order valence-electron chi connectivity index (χ2n) is 9.53. The quantitative estimate of drug-likeness (QED) is 0.659. The zero-order valence-corrected chi connectivity index (χ0v) is 21.3. The van der Waals surface area contributed by atoms with Gasteiger partial charge in [-0.1, -0.05) is 24.3 Å². The summed E-state index contributed by atoms with van der Waals surface area (Å²) in [5.74, 6) is 0.143. The molecule has 0 unspecified atom stereocenters. The van der Waals surface area contributed by atoms with Crippen molar-refractivity contribution < 1.29 is 19.1 Å². The molecule has 2 aliphatic heterocycles. The summed E-state index contributed by atoms with van der Waals surface area (Å²) in [4.78, 5) is 48.5. The van der Waals surface area contributed by atoms with Crippen molar-refractivity contribution in [3.05, 3.63) is 36.0 Å². The number of pyridine rings is 1. The van der Waals surface area contributed by atoms with Gasteiger partial charge in [0.2, 0.25) is 0 Å². The number of hydrogen-bond acceptors (Lipinski definition) is 6. The molecule has 0 saturated carbocycles. The van der Waals surface area contributed by atoms with Crippen molar-refractivity contribution in [1.82, 2.24) is 25.0 Å². The Balaban J connectivity index is 1.41. The molecular formula is C26H36N6O4. The fraction of sp³-hybridized carbons (Fsp3) is 0.538. The highest BCUT2D eigenvalue weighted by molar-refractivity contribution is 6.12. The van der Waals surface area contributed by atoms with Gasteiger partial charge in [0, 0.05) is 63.4 Å². The molecule has 0 aliphatic carbocycles. The lowest BCUT2D eigenvalue weighted by molar-refractivity contribution is 0.0360. The second kappa shape index (κ2) is 11.6. The fourth-order valence-electron chi connectivity index (χ4n) is 4.93. The first-order valence-corrected chi connectivity index (χ1v) is 12.8. The van der Waals surface area contributed by atoms with E-state index in [1.165, 1.54) is 0 Å². The van der Waals surface area contributed by atoms with Crippen LogP contribution in [0.5, 0.6) is 0 Å². The van der Waals surface area contributed by atoms with Gasteiger partial charge in [-0.05, 0) is 39.0 Å². The van der Waals surface area contributed by atoms with Crippen LogP contribution in [-0.4, -0.2) is 95.7 Å². The highest BCUT2D eigenvalue weighted by Crippen LogP contribution is 2.27. The lowest BCUT2D eigenvalue weighted by Gasteiger charge is -2.42. The van der Waals surface area contributed by atoms with Gasteiger partial charge in [0.15, 0.2) is 0 Å². The number of ether oxygens (including phenoxy) is 1. The van der Waals surface area contributed by atoms with E-state index in [4.69, 9.17) is 4.74 Å². The summed E-state index contributed by atoms with van der Waals surface area (Å²) in [7, 11) is 0. The standard InChI is InChI=1S/C26H36N6O4/c1-4-27-25(34)29-23-22(21-8-6-5-7-19(21)17-28-23)24(33)31-15-13-30(14-16-31)20-9-11-32(12-10-20)26(35)36-18(2)3/h5-8,17-18,20H,4,9-16H2,1-3H3,(H2,27,28,29,34). The third kappa shape index (κ3) is 5.87. The van der Waals surface area contributed by atoms with E-state index in [9.17, 15) is 14.4 Å². The van der Waals surface area contributed by atoms with E-state index < -0.39 is 0 Å². The largest absolute Gasteiger partial charge is 0.447 e. The molecule has 2 aromatic rings. The van der Waals surface area contributed by atoms with E-state index in [-0.39, 0.29) is 30.0 Å². The highest BCUT2D eigenvalue weighted by Gasteiger charge is 2.32. The Bertz CT molecular complexity index is 1090. The first kappa shape index (κ1) is 25.7. The molecule has 2 saturated heterocycles. The fourth-order valence-corrected chi connectivity index (χ4v) is 4.93. The average molecular weight is 497 g/mol. The normalized spacial score (nSPS) is 17.3. The van der Waals surface area contributed by atoms with Gasteiger partial charge in [0.25, 0.3) is 5.91 Å². The van der Waals surface area contributed by atoms with Crippen LogP contribution in [0.3, 0.4) is 0 Å². The van der Waals surface area contributed by atoms with Crippen LogP contribution in [0.4, 0.5) is 15.4 Å². The number of aromatic nitrogens is 1. The van der Waals surface area contributed by atoms with E-state index in [1.807, 2.05) is 49.9 Å². The van der Waals surface area contributed by atoms with E-state index in [0.29, 0.717) is 44.3 Å². The van der Waals surface area contributed by atoms with Crippen molar-refractivity contribution in [2.24, 2.45) is 0 Å². The number of piperazine rings is 1. The van der Waals surface area contributed by atoms with Crippen LogP contribution in [0.2, 0.25) is 0 Å². The highest BCUT2D eigenvalue weighted by atomic mass is 16.6. The van der Waals surface area contributed by atoms with Crippen molar-refractivity contribution in [3.8, 4) is 0 Å². The van der Waals surface area contributed by atoms with Gasteiger partial charge in [0.1, 0.15) is 5.82 Å². The summed E-state index contributed by atoms with van der Waals surface area (Å²) < 4.78 is 5.32. The molecule has 0 spiro atoms. The number of piperidine rings is 1. The number of likely N-dealkylation sites (tertiary alicyclic amines) is 1. The lowest BCUT2D eigenvalue weighted by atomic mass is 10.0. The van der Waals surface area contributed by atoms with Crippen LogP contribution in [-0.2, 0) is 4.74 Å². The molecule has 10 nitrogen and oxygen atoms in total. The average Bonchev–Trinajstić information content (AvgIpc) is 2.88. The maximum atomic E-state index is 13.7. The molecule has 194 valence electrons. The summed E-state index contributed by atoms with van der Waals surface area (Å²) >= 11 is 0. The van der Waals surface area contributed by atoms with E-state index in [1.54, 1.807) is 11.1 Å². The summed E-state index contributed by atoms with van der Waals surface area (Å²) in [6.45, 7) is 10.1. The van der Waals surface area contributed by atoms with E-state index in [0.717, 1.165) is 36.7 Å². The van der Waals surface area contributed by atoms with Crippen molar-refractivity contribution in [2.75, 3.05) is 51.1 Å². The summed E-state index contributed by atoms with van der Waals surface area (Å²) in [6.07, 6.45) is 3.12. The molecular weight excluding hydrogens is 460 g/mol. The summed E-state index contributed by atoms with van der Waals surface area (Å²) in [6, 6.07) is 7.60. The van der Waals surface area contributed by atoms with Gasteiger partial charge in [-0.25, -0.2) is 14.6 Å². The minimum Gasteiger partial charge on any atom is -0.447 e. The van der Waals surface area contributed by atoms with Crippen molar-refractivity contribution >= 4 is 34.6 Å². The number of amides is 4. The Morgan fingerprint density at radius 1 is 1.03 bits per heavy atom. The number of fused-ring (bicyclic) bond motifs is 1. The van der Waals surface area contributed by atoms with Gasteiger partial charge in [-0.2, -0.15) is 0 Å². The number of rotatable bonds is 5. The minimum atomic E-state index is -0.386. The molecule has 10 heteroatoms. The predicted molar refractivity (Wildman–Crippen MR) is 138 cm³/mol. The molecule has 4 rings (SSSR count). The van der Waals surface area contributed by atoms with Crippen LogP contribution in [0.25, 0.3) is 10.8 Å². The third-order valence-corrected chi connectivity index (χ3v) is 6.76. The molecule has 1 aromatic heterocycles. The summed E-state index contributed by atoms with van der Waals surface area (Å²) in [5, 5.41) is 7.06. The number of benzene rings is 1. The molecule has 36 heavy (non-hydrogen) atoms. The van der Waals surface area contributed by atoms with Gasteiger partial charge >= 0.3 is 12.1 Å². The Hall–Kier alpha value is -3.40. The van der Waals surface area contributed by atoms with Crippen LogP contribution in [0, 0.1) is 0 Å². The number of carbonyl (C=O) groups excluding carboxylic acids is 3. The van der Waals surface area contributed by atoms with E-state index in [2.05, 4.69) is 20.5 Å². The van der Waals surface area contributed by atoms with Crippen LogP contribution in [0.15, 0.2) is 30.5 Å². The molecule has 2 aliphatic rings. The molecule has 1 aromatic carbocycles. The number of hydrogen-bond donors (Lipinski definition) is 2. The second-order valence-corrected chi connectivity index (χ2v) is 9.53. The van der Waals surface area contributed by atoms with Crippen molar-refractivity contribution in [3.63, 3.8) is 0 Å². The smallest absolute Gasteiger partial charge is 0.410 e. The van der Waals surface area contributed by atoms with Crippen LogP contribution >= 0.6 is 0 Å². The predicted octanol–water partition coefficient (Wildman–Crippen LogP) is 3.14. The van der Waals surface area contributed by atoms with Crippen LogP contribution in [0.1, 0.15) is 44.0 Å². The molecule has 2 N–H and O–H groups in total. The lowest BCUT2D eigenvalue weighted by Crippen LogP contribution is -2.55. The Kier molecular flexibility index (Phi) is 8.25. The molecule has 3 heterocycles. The Morgan fingerprint density at radius 3 is 2.39 bits per heavy atom. The van der Waals surface area contributed by atoms with E-state index >= 15 is 0 Å². The molecule has 2 fully saturated rings. The first-order chi connectivity index (χ1) is 17.4. The number of urea groups is 1. The van der Waals surface area contributed by atoms with Gasteiger partial charge < -0.3 is 19.9 Å².